The molecule has 25 heavy (non-hydrogen) atoms. The molecule has 2 aliphatic rings. The molecule has 8 heteroatoms. The Morgan fingerprint density at radius 1 is 1.32 bits per heavy atom. The minimum Gasteiger partial charge on any atom is -0.378 e. The van der Waals surface area contributed by atoms with E-state index in [-0.39, 0.29) is 12.3 Å². The van der Waals surface area contributed by atoms with Crippen LogP contribution in [0.2, 0.25) is 0 Å². The van der Waals surface area contributed by atoms with E-state index in [1.807, 2.05) is 0 Å². The van der Waals surface area contributed by atoms with Gasteiger partial charge >= 0.3 is 6.03 Å². The lowest BCUT2D eigenvalue weighted by Crippen LogP contribution is -2.40. The Hall–Kier alpha value is -2.48. The third kappa shape index (κ3) is 3.34. The van der Waals surface area contributed by atoms with E-state index in [0.717, 1.165) is 4.90 Å². The topological polar surface area (TPSA) is 79.0 Å². The Balaban J connectivity index is 1.88. The lowest BCUT2D eigenvalue weighted by molar-refractivity contribution is -0.118. The van der Waals surface area contributed by atoms with Crippen LogP contribution in [0.25, 0.3) is 0 Å². The number of urea groups is 1. The number of hydrogen-bond acceptors (Lipinski definition) is 4. The first kappa shape index (κ1) is 17.3. The predicted molar refractivity (Wildman–Crippen MR) is 88.3 cm³/mol. The number of halogens is 1. The van der Waals surface area contributed by atoms with Gasteiger partial charge in [0.2, 0.25) is 0 Å². The summed E-state index contributed by atoms with van der Waals surface area (Å²) in [5.41, 5.74) is 1.43. The van der Waals surface area contributed by atoms with Gasteiger partial charge in [-0.3, -0.25) is 14.0 Å². The molecule has 0 bridgehead atoms. The number of alkyl halides is 1. The average Bonchev–Trinajstić information content (AvgIpc) is 2.90. The monoisotopic (exact) mass is 349 g/mol. The molecule has 0 saturated carbocycles. The van der Waals surface area contributed by atoms with Gasteiger partial charge in [0, 0.05) is 25.1 Å². The number of carbonyl (C=O) groups excluding carboxylic acids is 3. The second kappa shape index (κ2) is 7.18. The van der Waals surface area contributed by atoms with Gasteiger partial charge in [-0.25, -0.2) is 9.69 Å². The maximum absolute atomic E-state index is 12.6. The summed E-state index contributed by atoms with van der Waals surface area (Å²) in [5, 5.41) is 2.48. The van der Waals surface area contributed by atoms with Crippen LogP contribution in [0, 0.1) is 6.92 Å². The molecule has 1 atom stereocenters. The highest BCUT2D eigenvalue weighted by Gasteiger charge is 2.39. The van der Waals surface area contributed by atoms with Crippen molar-refractivity contribution in [1.82, 2.24) is 10.2 Å². The van der Waals surface area contributed by atoms with Crippen molar-refractivity contribution >= 4 is 23.5 Å². The third-order valence-corrected chi connectivity index (χ3v) is 4.41. The van der Waals surface area contributed by atoms with E-state index < -0.39 is 24.7 Å². The number of anilines is 1. The van der Waals surface area contributed by atoms with Gasteiger partial charge in [-0.15, -0.1) is 0 Å². The van der Waals surface area contributed by atoms with Gasteiger partial charge in [0.25, 0.3) is 11.8 Å². The first-order valence-electron chi connectivity index (χ1n) is 8.21. The normalized spacial score (nSPS) is 20.8. The minimum absolute atomic E-state index is 0.0630. The third-order valence-electron chi connectivity index (χ3n) is 4.41. The fourth-order valence-corrected chi connectivity index (χ4v) is 3.00. The fraction of sp³-hybridized carbons (Fsp3) is 0.471. The lowest BCUT2D eigenvalue weighted by Gasteiger charge is -2.27. The zero-order chi connectivity index (χ0) is 18.0. The number of carbonyl (C=O) groups is 3. The van der Waals surface area contributed by atoms with Gasteiger partial charge in [0.05, 0.1) is 25.6 Å². The molecule has 2 fully saturated rings. The maximum atomic E-state index is 12.6. The molecule has 1 aromatic carbocycles. The number of amides is 4. The van der Waals surface area contributed by atoms with E-state index in [2.05, 4.69) is 5.32 Å². The number of ether oxygens (including phenoxy) is 1. The van der Waals surface area contributed by atoms with E-state index in [1.54, 1.807) is 30.0 Å². The van der Waals surface area contributed by atoms with Crippen molar-refractivity contribution in [3.63, 3.8) is 0 Å². The van der Waals surface area contributed by atoms with Crippen molar-refractivity contribution in [2.75, 3.05) is 37.9 Å². The molecular formula is C17H20FN3O4. The Kier molecular flexibility index (Phi) is 4.98. The van der Waals surface area contributed by atoms with Gasteiger partial charge in [-0.1, -0.05) is 6.07 Å². The van der Waals surface area contributed by atoms with Crippen molar-refractivity contribution in [2.45, 2.75) is 19.4 Å². The summed E-state index contributed by atoms with van der Waals surface area (Å²) in [5.74, 6) is -0.668. The summed E-state index contributed by atoms with van der Waals surface area (Å²) in [4.78, 5) is 39.9. The minimum atomic E-state index is -0.865. The summed E-state index contributed by atoms with van der Waals surface area (Å²) in [6.07, 6.45) is -0.0630. The number of rotatable bonds is 4. The number of nitrogens with one attached hydrogen (secondary N) is 1. The smallest absolute Gasteiger partial charge is 0.329 e. The Morgan fingerprint density at radius 3 is 2.72 bits per heavy atom. The summed E-state index contributed by atoms with van der Waals surface area (Å²) < 4.78 is 17.8. The van der Waals surface area contributed by atoms with E-state index in [4.69, 9.17) is 4.74 Å². The Labute approximate surface area is 144 Å². The van der Waals surface area contributed by atoms with Gasteiger partial charge in [0.15, 0.2) is 0 Å². The molecule has 1 unspecified atom stereocenters. The van der Waals surface area contributed by atoms with Crippen LogP contribution >= 0.6 is 0 Å². The largest absolute Gasteiger partial charge is 0.378 e. The average molecular weight is 349 g/mol. The number of imide groups is 1. The summed E-state index contributed by atoms with van der Waals surface area (Å²) in [6, 6.07) is 3.46. The Bertz CT molecular complexity index is 703. The van der Waals surface area contributed by atoms with Crippen molar-refractivity contribution in [3.8, 4) is 0 Å². The molecule has 0 spiro atoms. The Morgan fingerprint density at radius 2 is 2.04 bits per heavy atom. The highest BCUT2D eigenvalue weighted by Crippen LogP contribution is 2.26. The SMILES string of the molecule is Cc1ccc(C(=O)N2CCOCC2)cc1N1C(=O)NC(CCF)C1=O. The van der Waals surface area contributed by atoms with Crippen LogP contribution in [0.4, 0.5) is 14.9 Å². The molecule has 0 aliphatic carbocycles. The van der Waals surface area contributed by atoms with Crippen LogP contribution in [0.5, 0.6) is 0 Å². The van der Waals surface area contributed by atoms with Crippen molar-refractivity contribution < 1.29 is 23.5 Å². The number of benzene rings is 1. The van der Waals surface area contributed by atoms with Crippen molar-refractivity contribution in [3.05, 3.63) is 29.3 Å². The maximum Gasteiger partial charge on any atom is 0.329 e. The molecule has 3 rings (SSSR count). The second-order valence-corrected chi connectivity index (χ2v) is 6.06. The quantitative estimate of drug-likeness (QED) is 0.830. The fourth-order valence-electron chi connectivity index (χ4n) is 3.00. The van der Waals surface area contributed by atoms with Crippen LogP contribution in [-0.2, 0) is 9.53 Å². The lowest BCUT2D eigenvalue weighted by atomic mass is 10.1. The van der Waals surface area contributed by atoms with Crippen LogP contribution in [0.1, 0.15) is 22.3 Å². The van der Waals surface area contributed by atoms with Crippen LogP contribution in [0.3, 0.4) is 0 Å². The predicted octanol–water partition coefficient (Wildman–Crippen LogP) is 1.25. The molecule has 2 saturated heterocycles. The van der Waals surface area contributed by atoms with E-state index >= 15 is 0 Å². The zero-order valence-electron chi connectivity index (χ0n) is 14.0. The van der Waals surface area contributed by atoms with E-state index in [9.17, 15) is 18.8 Å². The highest BCUT2D eigenvalue weighted by molar-refractivity contribution is 6.22. The molecule has 0 radical (unpaired) electrons. The molecular weight excluding hydrogens is 329 g/mol. The van der Waals surface area contributed by atoms with E-state index in [0.29, 0.717) is 43.1 Å². The second-order valence-electron chi connectivity index (χ2n) is 6.06. The zero-order valence-corrected chi connectivity index (χ0v) is 14.0. The molecule has 1 N–H and O–H groups in total. The molecule has 7 nitrogen and oxygen atoms in total. The molecule has 1 aromatic rings. The molecule has 134 valence electrons. The molecule has 0 aromatic heterocycles. The first-order valence-corrected chi connectivity index (χ1v) is 8.21. The summed E-state index contributed by atoms with van der Waals surface area (Å²) in [7, 11) is 0. The number of hydrogen-bond donors (Lipinski definition) is 1. The standard InChI is InChI=1S/C17H20FN3O4/c1-11-2-3-12(15(22)20-6-8-25-9-7-20)10-14(11)21-16(23)13(4-5-18)19-17(21)24/h2-3,10,13H,4-9H2,1H3,(H,19,24). The number of nitrogens with zero attached hydrogens (tertiary/aromatic N) is 2. The van der Waals surface area contributed by atoms with Crippen LogP contribution in [-0.4, -0.2) is 61.8 Å². The van der Waals surface area contributed by atoms with Crippen LogP contribution < -0.4 is 10.2 Å². The number of aryl methyl sites for hydroxylation is 1. The first-order chi connectivity index (χ1) is 12.0. The molecule has 2 aliphatic heterocycles. The van der Waals surface area contributed by atoms with Gasteiger partial charge in [-0.2, -0.15) is 0 Å². The molecule has 4 amide bonds. The van der Waals surface area contributed by atoms with Crippen molar-refractivity contribution in [1.29, 1.82) is 0 Å². The van der Waals surface area contributed by atoms with Crippen LogP contribution in [0.15, 0.2) is 18.2 Å². The number of morpholine rings is 1. The highest BCUT2D eigenvalue weighted by atomic mass is 19.1. The van der Waals surface area contributed by atoms with Gasteiger partial charge in [-0.05, 0) is 24.6 Å². The summed E-state index contributed by atoms with van der Waals surface area (Å²) in [6.45, 7) is 3.04. The summed E-state index contributed by atoms with van der Waals surface area (Å²) >= 11 is 0. The van der Waals surface area contributed by atoms with Crippen molar-refractivity contribution in [2.24, 2.45) is 0 Å². The molecule has 2 heterocycles. The van der Waals surface area contributed by atoms with E-state index in [1.165, 1.54) is 0 Å². The van der Waals surface area contributed by atoms with Gasteiger partial charge in [0.1, 0.15) is 6.04 Å². The van der Waals surface area contributed by atoms with Gasteiger partial charge < -0.3 is 15.0 Å².